The molecule has 0 aromatic carbocycles. The Hall–Kier alpha value is -0.680. The lowest BCUT2D eigenvalue weighted by molar-refractivity contribution is -0.139. The van der Waals surface area contributed by atoms with Crippen LogP contribution in [0, 0.1) is 0 Å². The van der Waals surface area contributed by atoms with Crippen LogP contribution in [0.1, 0.15) is 117 Å². The number of thioether (sulfide) groups is 2. The molecular formula is C29H52O3S2. The highest BCUT2D eigenvalue weighted by molar-refractivity contribution is 8.03. The van der Waals surface area contributed by atoms with Crippen molar-refractivity contribution in [3.05, 3.63) is 24.3 Å². The van der Waals surface area contributed by atoms with Crippen LogP contribution in [-0.2, 0) is 14.3 Å². The maximum absolute atomic E-state index is 11.6. The van der Waals surface area contributed by atoms with E-state index < -0.39 is 0 Å². The van der Waals surface area contributed by atoms with E-state index in [1.165, 1.54) is 103 Å². The highest BCUT2D eigenvalue weighted by atomic mass is 32.2. The first kappa shape index (κ1) is 33.3. The zero-order valence-corrected chi connectivity index (χ0v) is 24.2. The molecule has 0 aromatic heterocycles. The fraction of sp³-hybridized carbons (Fsp3) is 0.793. The second kappa shape index (κ2) is 25.4. The Bertz CT molecular complexity index is 545. The summed E-state index contributed by atoms with van der Waals surface area (Å²) >= 11 is 4.18. The van der Waals surface area contributed by atoms with Gasteiger partial charge in [0.05, 0.1) is 0 Å². The van der Waals surface area contributed by atoms with Crippen molar-refractivity contribution >= 4 is 35.3 Å². The third-order valence-electron chi connectivity index (χ3n) is 6.17. The van der Waals surface area contributed by atoms with Crippen LogP contribution in [-0.4, -0.2) is 41.4 Å². The average Bonchev–Trinajstić information content (AvgIpc) is 2.82. The Labute approximate surface area is 219 Å². The van der Waals surface area contributed by atoms with Gasteiger partial charge in [-0.05, 0) is 56.4 Å². The lowest BCUT2D eigenvalue weighted by Crippen LogP contribution is -2.19. The summed E-state index contributed by atoms with van der Waals surface area (Å²) in [5.74, 6) is -0.382. The molecule has 0 aliphatic rings. The molecule has 0 spiro atoms. The molecule has 3 nitrogen and oxygen atoms in total. The van der Waals surface area contributed by atoms with Crippen molar-refractivity contribution < 1.29 is 14.3 Å². The van der Waals surface area contributed by atoms with Crippen molar-refractivity contribution in [2.24, 2.45) is 0 Å². The molecule has 0 radical (unpaired) electrons. The number of ether oxygens (including phenoxy) is 1. The van der Waals surface area contributed by atoms with Crippen molar-refractivity contribution in [1.82, 2.24) is 0 Å². The van der Waals surface area contributed by atoms with Crippen LogP contribution in [0.4, 0.5) is 0 Å². The molecular weight excluding hydrogens is 460 g/mol. The fourth-order valence-corrected chi connectivity index (χ4v) is 6.46. The normalized spacial score (nSPS) is 13.5. The maximum atomic E-state index is 11.6. The second-order valence-corrected chi connectivity index (χ2v) is 11.3. The number of hydrogen-bond acceptors (Lipinski definition) is 5. The van der Waals surface area contributed by atoms with E-state index in [0.29, 0.717) is 0 Å². The number of unbranched alkanes of at least 4 members (excludes halogenated alkanes) is 12. The molecule has 198 valence electrons. The third kappa shape index (κ3) is 21.8. The van der Waals surface area contributed by atoms with Crippen LogP contribution in [0.15, 0.2) is 24.3 Å². The monoisotopic (exact) mass is 512 g/mol. The van der Waals surface area contributed by atoms with Crippen molar-refractivity contribution in [3.8, 4) is 0 Å². The van der Waals surface area contributed by atoms with E-state index >= 15 is 0 Å². The number of carbonyl (C=O) groups is 2. The molecule has 0 heterocycles. The van der Waals surface area contributed by atoms with Gasteiger partial charge in [0.2, 0.25) is 0 Å². The quantitative estimate of drug-likeness (QED) is 0.0733. The average molecular weight is 513 g/mol. The number of ketones is 1. The lowest BCUT2D eigenvalue weighted by atomic mass is 10.0. The topological polar surface area (TPSA) is 43.4 Å². The van der Waals surface area contributed by atoms with Gasteiger partial charge in [-0.3, -0.25) is 9.59 Å². The van der Waals surface area contributed by atoms with Gasteiger partial charge in [-0.25, -0.2) is 0 Å². The molecule has 0 saturated heterocycles. The van der Waals surface area contributed by atoms with E-state index in [-0.39, 0.29) is 18.4 Å². The van der Waals surface area contributed by atoms with Gasteiger partial charge in [-0.1, -0.05) is 90.0 Å². The molecule has 2 unspecified atom stereocenters. The van der Waals surface area contributed by atoms with Crippen LogP contribution in [0.25, 0.3) is 0 Å². The van der Waals surface area contributed by atoms with Crippen LogP contribution in [0.3, 0.4) is 0 Å². The first-order chi connectivity index (χ1) is 16.5. The molecule has 0 amide bonds. The highest BCUT2D eigenvalue weighted by Gasteiger charge is 2.18. The predicted molar refractivity (Wildman–Crippen MR) is 154 cm³/mol. The smallest absolute Gasteiger partial charge is 0.302 e. The van der Waals surface area contributed by atoms with Crippen LogP contribution in [0.5, 0.6) is 0 Å². The number of carbonyl (C=O) groups excluding carboxylic acids is 2. The minimum atomic E-state index is -0.333. The van der Waals surface area contributed by atoms with Gasteiger partial charge in [0, 0.05) is 17.4 Å². The molecule has 0 N–H and O–H groups in total. The Morgan fingerprint density at radius 1 is 0.706 bits per heavy atom. The number of rotatable bonds is 24. The van der Waals surface area contributed by atoms with Gasteiger partial charge >= 0.3 is 5.97 Å². The number of allylic oxidation sites excluding steroid dienone is 3. The largest absolute Gasteiger partial charge is 0.462 e. The predicted octanol–water partition coefficient (Wildman–Crippen LogP) is 8.96. The Kier molecular flexibility index (Phi) is 24.9. The Morgan fingerprint density at radius 3 is 1.68 bits per heavy atom. The van der Waals surface area contributed by atoms with Crippen molar-refractivity contribution in [1.29, 1.82) is 0 Å². The van der Waals surface area contributed by atoms with Gasteiger partial charge in [0.1, 0.15) is 6.61 Å². The highest BCUT2D eigenvalue weighted by Crippen LogP contribution is 2.30. The summed E-state index contributed by atoms with van der Waals surface area (Å²) in [6, 6.07) is 0. The molecule has 0 fully saturated rings. The van der Waals surface area contributed by atoms with E-state index in [1.54, 1.807) is 12.2 Å². The van der Waals surface area contributed by atoms with E-state index in [2.05, 4.69) is 43.0 Å². The Balaban J connectivity index is 3.61. The summed E-state index contributed by atoms with van der Waals surface area (Å²) < 4.78 is 4.75. The number of hydrogen-bond donors (Lipinski definition) is 0. The zero-order chi connectivity index (χ0) is 25.3. The molecule has 0 saturated carbocycles. The van der Waals surface area contributed by atoms with Gasteiger partial charge < -0.3 is 4.74 Å². The number of esters is 1. The molecule has 0 bridgehead atoms. The summed E-state index contributed by atoms with van der Waals surface area (Å²) in [5, 5.41) is 1.67. The molecule has 2 atom stereocenters. The molecule has 0 aliphatic heterocycles. The summed E-state index contributed by atoms with van der Waals surface area (Å²) in [5.41, 5.74) is 0. The van der Waals surface area contributed by atoms with Crippen LogP contribution >= 0.6 is 23.5 Å². The second-order valence-electron chi connectivity index (χ2n) is 9.17. The summed E-state index contributed by atoms with van der Waals surface area (Å²) in [4.78, 5) is 22.3. The van der Waals surface area contributed by atoms with E-state index in [0.717, 1.165) is 23.3 Å². The molecule has 34 heavy (non-hydrogen) atoms. The third-order valence-corrected chi connectivity index (χ3v) is 8.68. The van der Waals surface area contributed by atoms with Gasteiger partial charge in [0.25, 0.3) is 0 Å². The fourth-order valence-electron chi connectivity index (χ4n) is 4.11. The standard InChI is InChI=1S/C29H52O3S2/c1-5-6-7-18-23-28(33-3)29(34-4)24-19-16-14-12-10-8-9-11-13-15-17-21-27(31)22-20-25-32-26(2)30/h17,20-22,28-29H,5-16,18-19,23-25H2,1-4H3/b21-17+,22-20+. The maximum Gasteiger partial charge on any atom is 0.302 e. The zero-order valence-electron chi connectivity index (χ0n) is 22.5. The van der Waals surface area contributed by atoms with Gasteiger partial charge in [-0.2, -0.15) is 23.5 Å². The first-order valence-electron chi connectivity index (χ1n) is 13.6. The SMILES string of the molecule is CCCCCCC(SC)C(CCCCCCCCCCC/C=C/C(=O)/C=C/COC(C)=O)SC. The first-order valence-corrected chi connectivity index (χ1v) is 16.2. The molecule has 0 rings (SSSR count). The van der Waals surface area contributed by atoms with E-state index in [4.69, 9.17) is 4.74 Å². The molecule has 0 aromatic rings. The molecule has 5 heteroatoms. The van der Waals surface area contributed by atoms with E-state index in [9.17, 15) is 9.59 Å². The van der Waals surface area contributed by atoms with Gasteiger partial charge in [-0.15, -0.1) is 0 Å². The van der Waals surface area contributed by atoms with Crippen molar-refractivity contribution in [2.75, 3.05) is 19.1 Å². The van der Waals surface area contributed by atoms with Crippen LogP contribution < -0.4 is 0 Å². The summed E-state index contributed by atoms with van der Waals surface area (Å²) in [6.45, 7) is 3.81. The van der Waals surface area contributed by atoms with Crippen molar-refractivity contribution in [3.63, 3.8) is 0 Å². The minimum Gasteiger partial charge on any atom is -0.462 e. The van der Waals surface area contributed by atoms with Gasteiger partial charge in [0.15, 0.2) is 5.78 Å². The summed E-state index contributed by atoms with van der Waals surface area (Å²) in [6.07, 6.45) is 32.4. The minimum absolute atomic E-state index is 0.0491. The Morgan fingerprint density at radius 2 is 1.18 bits per heavy atom. The molecule has 0 aliphatic carbocycles. The summed E-state index contributed by atoms with van der Waals surface area (Å²) in [7, 11) is 0. The van der Waals surface area contributed by atoms with Crippen molar-refractivity contribution in [2.45, 2.75) is 127 Å². The van der Waals surface area contributed by atoms with E-state index in [1.807, 2.05) is 6.08 Å². The lowest BCUT2D eigenvalue weighted by Gasteiger charge is -2.24. The van der Waals surface area contributed by atoms with Crippen LogP contribution in [0.2, 0.25) is 0 Å².